The van der Waals surface area contributed by atoms with E-state index in [2.05, 4.69) is 56.7 Å². The van der Waals surface area contributed by atoms with Gasteiger partial charge in [0.05, 0.1) is 11.7 Å². The maximum atomic E-state index is 5.03. The Hall–Kier alpha value is -0.100. The van der Waals surface area contributed by atoms with Crippen molar-refractivity contribution in [1.82, 2.24) is 15.2 Å². The van der Waals surface area contributed by atoms with Crippen LogP contribution in [-0.2, 0) is 12.0 Å². The molecule has 5 heteroatoms. The van der Waals surface area contributed by atoms with E-state index in [0.29, 0.717) is 6.04 Å². The summed E-state index contributed by atoms with van der Waals surface area (Å²) >= 11 is 3.96. The van der Waals surface area contributed by atoms with Gasteiger partial charge in [0.15, 0.2) is 0 Å². The third-order valence-electron chi connectivity index (χ3n) is 3.64. The molecule has 1 aromatic rings. The number of hydrogen-bond acceptors (Lipinski definition) is 5. The van der Waals surface area contributed by atoms with E-state index in [9.17, 15) is 0 Å². The first-order valence-electron chi connectivity index (χ1n) is 7.42. The number of nitrogens with zero attached hydrogens (tertiary/aromatic N) is 2. The molecule has 1 atom stereocenters. The second-order valence-corrected chi connectivity index (χ2v) is 8.69. The Balaban J connectivity index is 2.27. The maximum absolute atomic E-state index is 5.03. The summed E-state index contributed by atoms with van der Waals surface area (Å²) in [5, 5.41) is 4.76. The van der Waals surface area contributed by atoms with Crippen LogP contribution in [0.25, 0.3) is 0 Å². The summed E-state index contributed by atoms with van der Waals surface area (Å²) in [6, 6.07) is 0.496. The lowest BCUT2D eigenvalue weighted by molar-refractivity contribution is 0.273. The van der Waals surface area contributed by atoms with Gasteiger partial charge < -0.3 is 5.32 Å². The summed E-state index contributed by atoms with van der Waals surface area (Å²) in [6.45, 7) is 12.1. The molecule has 0 spiro atoms. The van der Waals surface area contributed by atoms with E-state index in [0.717, 1.165) is 13.1 Å². The van der Waals surface area contributed by atoms with Crippen LogP contribution in [0.5, 0.6) is 0 Å². The normalized spacial score (nSPS) is 21.4. The van der Waals surface area contributed by atoms with E-state index in [4.69, 9.17) is 4.98 Å². The van der Waals surface area contributed by atoms with Crippen molar-refractivity contribution in [3.8, 4) is 0 Å². The highest BCUT2D eigenvalue weighted by Crippen LogP contribution is 2.36. The van der Waals surface area contributed by atoms with Crippen LogP contribution in [0, 0.1) is 0 Å². The highest BCUT2D eigenvalue weighted by molar-refractivity contribution is 7.99. The Labute approximate surface area is 131 Å². The zero-order chi connectivity index (χ0) is 14.8. The average Bonchev–Trinajstić information content (AvgIpc) is 2.80. The van der Waals surface area contributed by atoms with Crippen LogP contribution in [-0.4, -0.2) is 41.5 Å². The molecule has 1 saturated heterocycles. The van der Waals surface area contributed by atoms with Crippen LogP contribution in [0.4, 0.5) is 0 Å². The first-order valence-corrected chi connectivity index (χ1v) is 9.39. The molecule has 20 heavy (non-hydrogen) atoms. The molecule has 1 fully saturated rings. The average molecular weight is 314 g/mol. The van der Waals surface area contributed by atoms with Gasteiger partial charge in [0, 0.05) is 34.9 Å². The smallest absolute Gasteiger partial charge is 0.111 e. The van der Waals surface area contributed by atoms with Crippen molar-refractivity contribution >= 4 is 23.1 Å². The standard InChI is InChI=1S/C15H27N3S2/c1-6-16-9-12-13(15(2,3)4)17-14(20-12)11-10-19-8-7-18(11)5/h11,16H,6-10H2,1-5H3. The fraction of sp³-hybridized carbons (Fsp3) is 0.800. The third kappa shape index (κ3) is 3.75. The van der Waals surface area contributed by atoms with Gasteiger partial charge in [0.1, 0.15) is 5.01 Å². The van der Waals surface area contributed by atoms with E-state index in [1.807, 2.05) is 11.3 Å². The van der Waals surface area contributed by atoms with Gasteiger partial charge in [-0.05, 0) is 13.6 Å². The quantitative estimate of drug-likeness (QED) is 0.923. The minimum atomic E-state index is 0.125. The van der Waals surface area contributed by atoms with E-state index < -0.39 is 0 Å². The lowest BCUT2D eigenvalue weighted by Crippen LogP contribution is -2.32. The molecule has 1 N–H and O–H groups in total. The van der Waals surface area contributed by atoms with Gasteiger partial charge in [-0.1, -0.05) is 27.7 Å². The first kappa shape index (κ1) is 16.3. The number of hydrogen-bond donors (Lipinski definition) is 1. The molecule has 0 bridgehead atoms. The highest BCUT2D eigenvalue weighted by Gasteiger charge is 2.29. The van der Waals surface area contributed by atoms with E-state index in [1.54, 1.807) is 0 Å². The van der Waals surface area contributed by atoms with Crippen LogP contribution < -0.4 is 5.32 Å². The van der Waals surface area contributed by atoms with Gasteiger partial charge in [-0.15, -0.1) is 11.3 Å². The molecule has 0 aromatic carbocycles. The Bertz CT molecular complexity index is 437. The van der Waals surface area contributed by atoms with Crippen molar-refractivity contribution in [2.24, 2.45) is 0 Å². The monoisotopic (exact) mass is 313 g/mol. The SMILES string of the molecule is CCNCc1sc(C2CSCCN2C)nc1C(C)(C)C. The van der Waals surface area contributed by atoms with Gasteiger partial charge >= 0.3 is 0 Å². The van der Waals surface area contributed by atoms with Crippen LogP contribution in [0.15, 0.2) is 0 Å². The van der Waals surface area contributed by atoms with Crippen LogP contribution in [0.1, 0.15) is 49.3 Å². The Morgan fingerprint density at radius 2 is 2.15 bits per heavy atom. The molecule has 1 aliphatic rings. The van der Waals surface area contributed by atoms with Crippen molar-refractivity contribution < 1.29 is 0 Å². The summed E-state index contributed by atoms with van der Waals surface area (Å²) < 4.78 is 0. The van der Waals surface area contributed by atoms with Crippen LogP contribution in [0.3, 0.4) is 0 Å². The number of nitrogens with one attached hydrogen (secondary N) is 1. The zero-order valence-corrected chi connectivity index (χ0v) is 15.0. The minimum Gasteiger partial charge on any atom is -0.312 e. The molecule has 2 heterocycles. The minimum absolute atomic E-state index is 0.125. The Morgan fingerprint density at radius 3 is 2.75 bits per heavy atom. The van der Waals surface area contributed by atoms with Gasteiger partial charge in [-0.3, -0.25) is 4.90 Å². The summed E-state index contributed by atoms with van der Waals surface area (Å²) in [5.41, 5.74) is 1.40. The molecule has 1 unspecified atom stereocenters. The van der Waals surface area contributed by atoms with Gasteiger partial charge in [0.2, 0.25) is 0 Å². The van der Waals surface area contributed by atoms with Gasteiger partial charge in [-0.25, -0.2) is 4.98 Å². The zero-order valence-electron chi connectivity index (χ0n) is 13.3. The molecular formula is C15H27N3S2. The predicted octanol–water partition coefficient (Wildman–Crippen LogP) is 3.27. The summed E-state index contributed by atoms with van der Waals surface area (Å²) in [7, 11) is 2.23. The molecule has 0 aliphatic carbocycles. The topological polar surface area (TPSA) is 28.2 Å². The summed E-state index contributed by atoms with van der Waals surface area (Å²) in [5.74, 6) is 2.42. The fourth-order valence-electron chi connectivity index (χ4n) is 2.40. The second-order valence-electron chi connectivity index (χ2n) is 6.43. The molecule has 0 amide bonds. The lowest BCUT2D eigenvalue weighted by atomic mass is 9.91. The molecule has 1 aliphatic heterocycles. The fourth-order valence-corrected chi connectivity index (χ4v) is 5.14. The van der Waals surface area contributed by atoms with E-state index >= 15 is 0 Å². The third-order valence-corrected chi connectivity index (χ3v) is 5.82. The van der Waals surface area contributed by atoms with E-state index in [1.165, 1.54) is 33.6 Å². The predicted molar refractivity (Wildman–Crippen MR) is 90.9 cm³/mol. The van der Waals surface area contributed by atoms with Gasteiger partial charge in [-0.2, -0.15) is 11.8 Å². The van der Waals surface area contributed by atoms with Crippen molar-refractivity contribution in [3.05, 3.63) is 15.6 Å². The van der Waals surface area contributed by atoms with Crippen molar-refractivity contribution in [1.29, 1.82) is 0 Å². The number of rotatable bonds is 4. The van der Waals surface area contributed by atoms with Crippen LogP contribution >= 0.6 is 23.1 Å². The molecule has 1 aromatic heterocycles. The molecule has 0 saturated carbocycles. The van der Waals surface area contributed by atoms with Gasteiger partial charge in [0.25, 0.3) is 0 Å². The molecule has 3 nitrogen and oxygen atoms in total. The highest BCUT2D eigenvalue weighted by atomic mass is 32.2. The number of thioether (sulfide) groups is 1. The molecule has 0 radical (unpaired) electrons. The maximum Gasteiger partial charge on any atom is 0.111 e. The lowest BCUT2D eigenvalue weighted by Gasteiger charge is -2.30. The number of aromatic nitrogens is 1. The van der Waals surface area contributed by atoms with Crippen LogP contribution in [0.2, 0.25) is 0 Å². The summed E-state index contributed by atoms with van der Waals surface area (Å²) in [4.78, 5) is 8.90. The molecular weight excluding hydrogens is 286 g/mol. The first-order chi connectivity index (χ1) is 9.43. The number of thiazole rings is 1. The molecule has 2 rings (SSSR count). The van der Waals surface area contributed by atoms with Crippen molar-refractivity contribution in [2.75, 3.05) is 31.6 Å². The Morgan fingerprint density at radius 1 is 1.40 bits per heavy atom. The second kappa shape index (κ2) is 6.77. The largest absolute Gasteiger partial charge is 0.312 e. The van der Waals surface area contributed by atoms with Crippen molar-refractivity contribution in [2.45, 2.75) is 45.7 Å². The summed E-state index contributed by atoms with van der Waals surface area (Å²) in [6.07, 6.45) is 0. The van der Waals surface area contributed by atoms with Crippen molar-refractivity contribution in [3.63, 3.8) is 0 Å². The Kier molecular flexibility index (Phi) is 5.51. The van der Waals surface area contributed by atoms with E-state index in [-0.39, 0.29) is 5.41 Å². The molecule has 114 valence electrons.